The quantitative estimate of drug-likeness (QED) is 0.788. The summed E-state index contributed by atoms with van der Waals surface area (Å²) in [5, 5.41) is 9.11. The summed E-state index contributed by atoms with van der Waals surface area (Å²) in [5.41, 5.74) is 1.62. The molecule has 94 valence electrons. The van der Waals surface area contributed by atoms with Crippen LogP contribution >= 0.6 is 0 Å². The zero-order valence-electron chi connectivity index (χ0n) is 10.3. The van der Waals surface area contributed by atoms with E-state index in [4.69, 9.17) is 14.7 Å². The monoisotopic (exact) mass is 246 g/mol. The van der Waals surface area contributed by atoms with Crippen molar-refractivity contribution in [2.24, 2.45) is 0 Å². The Labute approximate surface area is 106 Å². The van der Waals surface area contributed by atoms with E-state index in [1.54, 1.807) is 13.2 Å². The van der Waals surface area contributed by atoms with Crippen LogP contribution in [0.2, 0.25) is 0 Å². The summed E-state index contributed by atoms with van der Waals surface area (Å²) in [5.74, 6) is 0.354. The Morgan fingerprint density at radius 3 is 3.00 bits per heavy atom. The zero-order chi connectivity index (χ0) is 13.1. The number of nitriles is 1. The predicted octanol–water partition coefficient (Wildman–Crippen LogP) is 1.26. The lowest BCUT2D eigenvalue weighted by Gasteiger charge is -2.32. The first-order chi connectivity index (χ1) is 8.67. The number of benzene rings is 1. The molecule has 1 atom stereocenters. The topological polar surface area (TPSA) is 62.6 Å². The van der Waals surface area contributed by atoms with Gasteiger partial charge in [-0.2, -0.15) is 5.26 Å². The van der Waals surface area contributed by atoms with E-state index in [-0.39, 0.29) is 19.1 Å². The Hall–Kier alpha value is -2.06. The summed E-state index contributed by atoms with van der Waals surface area (Å²) in [6.45, 7) is 2.14. The molecule has 0 bridgehead atoms. The minimum Gasteiger partial charge on any atom is -0.495 e. The van der Waals surface area contributed by atoms with Gasteiger partial charge in [0.1, 0.15) is 18.4 Å². The third-order valence-electron chi connectivity index (χ3n) is 2.82. The Morgan fingerprint density at radius 2 is 2.33 bits per heavy atom. The molecule has 1 unspecified atom stereocenters. The fraction of sp³-hybridized carbons (Fsp3) is 0.385. The first kappa shape index (κ1) is 12.4. The minimum absolute atomic E-state index is 0.00469. The molecular formula is C13H14N2O3. The number of aryl methyl sites for hydroxylation is 1. The Bertz CT molecular complexity index is 507. The van der Waals surface area contributed by atoms with Crippen LogP contribution in [0.5, 0.6) is 5.75 Å². The van der Waals surface area contributed by atoms with E-state index in [0.29, 0.717) is 11.4 Å². The lowest BCUT2D eigenvalue weighted by atomic mass is 10.1. The van der Waals surface area contributed by atoms with Crippen LogP contribution < -0.4 is 9.64 Å². The molecule has 0 aromatic heterocycles. The van der Waals surface area contributed by atoms with Crippen LogP contribution in [0.1, 0.15) is 5.56 Å². The number of nitrogens with zero attached hydrogens (tertiary/aromatic N) is 2. The fourth-order valence-corrected chi connectivity index (χ4v) is 1.96. The molecule has 5 nitrogen and oxygen atoms in total. The standard InChI is InChI=1S/C13H14N2O3/c1-9-3-4-12(17-2)11(5-9)15-10(6-14)7-18-8-13(15)16/h3-5,10H,7-8H2,1-2H3. The van der Waals surface area contributed by atoms with Crippen molar-refractivity contribution in [2.75, 3.05) is 25.2 Å². The number of carbonyl (C=O) groups is 1. The maximum atomic E-state index is 11.9. The van der Waals surface area contributed by atoms with Gasteiger partial charge in [0.05, 0.1) is 25.5 Å². The van der Waals surface area contributed by atoms with Crippen LogP contribution in [-0.4, -0.2) is 32.3 Å². The molecule has 0 spiro atoms. The van der Waals surface area contributed by atoms with Gasteiger partial charge in [0.25, 0.3) is 5.91 Å². The highest BCUT2D eigenvalue weighted by atomic mass is 16.5. The highest BCUT2D eigenvalue weighted by Crippen LogP contribution is 2.31. The van der Waals surface area contributed by atoms with E-state index in [1.165, 1.54) is 4.90 Å². The molecule has 1 aromatic rings. The number of ether oxygens (including phenoxy) is 2. The number of amides is 1. The lowest BCUT2D eigenvalue weighted by Crippen LogP contribution is -2.49. The molecule has 1 heterocycles. The van der Waals surface area contributed by atoms with E-state index in [1.807, 2.05) is 19.1 Å². The van der Waals surface area contributed by atoms with Crippen molar-refractivity contribution in [3.05, 3.63) is 23.8 Å². The molecule has 0 saturated carbocycles. The summed E-state index contributed by atoms with van der Waals surface area (Å²) >= 11 is 0. The number of hydrogen-bond donors (Lipinski definition) is 0. The smallest absolute Gasteiger partial charge is 0.254 e. The van der Waals surface area contributed by atoms with Crippen molar-refractivity contribution in [3.63, 3.8) is 0 Å². The van der Waals surface area contributed by atoms with Gasteiger partial charge in [-0.1, -0.05) is 6.07 Å². The van der Waals surface area contributed by atoms with Crippen LogP contribution in [0.4, 0.5) is 5.69 Å². The highest BCUT2D eigenvalue weighted by Gasteiger charge is 2.31. The summed E-state index contributed by atoms with van der Waals surface area (Å²) in [6.07, 6.45) is 0. The number of methoxy groups -OCH3 is 1. The van der Waals surface area contributed by atoms with Crippen LogP contribution in [-0.2, 0) is 9.53 Å². The number of morpholine rings is 1. The zero-order valence-corrected chi connectivity index (χ0v) is 10.3. The van der Waals surface area contributed by atoms with E-state index in [0.717, 1.165) is 5.56 Å². The molecule has 1 saturated heterocycles. The third kappa shape index (κ3) is 2.15. The second-order valence-corrected chi connectivity index (χ2v) is 4.10. The van der Waals surface area contributed by atoms with Gasteiger partial charge in [-0.15, -0.1) is 0 Å². The average Bonchev–Trinajstić information content (AvgIpc) is 2.38. The number of carbonyl (C=O) groups excluding carboxylic acids is 1. The second kappa shape index (κ2) is 5.07. The molecule has 1 aromatic carbocycles. The summed E-state index contributed by atoms with van der Waals surface area (Å²) < 4.78 is 10.3. The first-order valence-electron chi connectivity index (χ1n) is 5.61. The lowest BCUT2D eigenvalue weighted by molar-refractivity contribution is -0.126. The van der Waals surface area contributed by atoms with Gasteiger partial charge >= 0.3 is 0 Å². The maximum Gasteiger partial charge on any atom is 0.254 e. The number of rotatable bonds is 2. The Balaban J connectivity index is 2.47. The van der Waals surface area contributed by atoms with E-state index >= 15 is 0 Å². The molecule has 1 amide bonds. The third-order valence-corrected chi connectivity index (χ3v) is 2.82. The predicted molar refractivity (Wildman–Crippen MR) is 65.4 cm³/mol. The highest BCUT2D eigenvalue weighted by molar-refractivity contribution is 5.97. The van der Waals surface area contributed by atoms with Gasteiger partial charge in [-0.05, 0) is 24.6 Å². The Kier molecular flexibility index (Phi) is 3.49. The molecule has 18 heavy (non-hydrogen) atoms. The first-order valence-corrected chi connectivity index (χ1v) is 5.61. The summed E-state index contributed by atoms with van der Waals surface area (Å²) in [4.78, 5) is 13.4. The molecule has 1 aliphatic rings. The van der Waals surface area contributed by atoms with E-state index in [9.17, 15) is 4.79 Å². The molecule has 2 rings (SSSR count). The molecular weight excluding hydrogens is 232 g/mol. The summed E-state index contributed by atoms with van der Waals surface area (Å²) in [7, 11) is 1.54. The SMILES string of the molecule is COc1ccc(C)cc1N1C(=O)COCC1C#N. The Morgan fingerprint density at radius 1 is 1.56 bits per heavy atom. The van der Waals surface area contributed by atoms with Crippen LogP contribution in [0.25, 0.3) is 0 Å². The molecule has 5 heteroatoms. The fourth-order valence-electron chi connectivity index (χ4n) is 1.96. The molecule has 0 N–H and O–H groups in total. The number of anilines is 1. The van der Waals surface area contributed by atoms with Gasteiger partial charge in [-0.3, -0.25) is 9.69 Å². The van der Waals surface area contributed by atoms with Gasteiger partial charge in [-0.25, -0.2) is 0 Å². The van der Waals surface area contributed by atoms with Crippen molar-refractivity contribution in [1.82, 2.24) is 0 Å². The van der Waals surface area contributed by atoms with Crippen molar-refractivity contribution < 1.29 is 14.3 Å². The minimum atomic E-state index is -0.609. The van der Waals surface area contributed by atoms with Crippen molar-refractivity contribution in [3.8, 4) is 11.8 Å². The van der Waals surface area contributed by atoms with E-state index < -0.39 is 6.04 Å². The van der Waals surface area contributed by atoms with Crippen LogP contribution in [0.15, 0.2) is 18.2 Å². The number of hydrogen-bond acceptors (Lipinski definition) is 4. The normalized spacial score (nSPS) is 19.5. The van der Waals surface area contributed by atoms with Crippen molar-refractivity contribution >= 4 is 11.6 Å². The molecule has 1 fully saturated rings. The summed E-state index contributed by atoms with van der Waals surface area (Å²) in [6, 6.07) is 7.00. The van der Waals surface area contributed by atoms with Gasteiger partial charge in [0.15, 0.2) is 0 Å². The maximum absolute atomic E-state index is 11.9. The largest absolute Gasteiger partial charge is 0.495 e. The van der Waals surface area contributed by atoms with Crippen molar-refractivity contribution in [1.29, 1.82) is 5.26 Å². The van der Waals surface area contributed by atoms with Gasteiger partial charge < -0.3 is 9.47 Å². The van der Waals surface area contributed by atoms with E-state index in [2.05, 4.69) is 6.07 Å². The van der Waals surface area contributed by atoms with Crippen molar-refractivity contribution in [2.45, 2.75) is 13.0 Å². The van der Waals surface area contributed by atoms with Gasteiger partial charge in [0.2, 0.25) is 0 Å². The molecule has 0 radical (unpaired) electrons. The molecule has 1 aliphatic heterocycles. The average molecular weight is 246 g/mol. The van der Waals surface area contributed by atoms with Gasteiger partial charge in [0, 0.05) is 0 Å². The second-order valence-electron chi connectivity index (χ2n) is 4.10. The van der Waals surface area contributed by atoms with Crippen LogP contribution in [0.3, 0.4) is 0 Å². The molecule has 0 aliphatic carbocycles. The van der Waals surface area contributed by atoms with Crippen LogP contribution in [0, 0.1) is 18.3 Å².